The Bertz CT molecular complexity index is 394. The van der Waals surface area contributed by atoms with Crippen molar-refractivity contribution in [2.24, 2.45) is 5.41 Å². The molecule has 1 amide bonds. The summed E-state index contributed by atoms with van der Waals surface area (Å²) in [6, 6.07) is 6.32. The molecular weight excluding hydrogens is 250 g/mol. The van der Waals surface area contributed by atoms with Gasteiger partial charge in [-0.25, -0.2) is 0 Å². The number of phenolic OH excluding ortho intramolecular Hbond substituents is 1. The molecule has 1 aromatic rings. The Morgan fingerprint density at radius 3 is 2.56 bits per heavy atom. The van der Waals surface area contributed by atoms with Crippen LogP contribution in [0.25, 0.3) is 0 Å². The number of rotatable bonds is 6. The highest BCUT2D eigenvalue weighted by molar-refractivity contribution is 6.18. The van der Waals surface area contributed by atoms with Gasteiger partial charge in [0.1, 0.15) is 5.75 Å². The monoisotopic (exact) mass is 269 g/mol. The number of phenols is 1. The Kier molecular flexibility index (Phi) is 5.48. The van der Waals surface area contributed by atoms with E-state index in [1.165, 1.54) is 12.1 Å². The summed E-state index contributed by atoms with van der Waals surface area (Å²) in [6.45, 7) is 4.71. The summed E-state index contributed by atoms with van der Waals surface area (Å²) in [4.78, 5) is 11.9. The maximum atomic E-state index is 11.9. The largest absolute Gasteiger partial charge is 0.508 e. The Hall–Kier alpha value is -1.22. The van der Waals surface area contributed by atoms with Gasteiger partial charge in [0.05, 0.1) is 0 Å². The van der Waals surface area contributed by atoms with Gasteiger partial charge in [0.25, 0.3) is 5.91 Å². The van der Waals surface area contributed by atoms with E-state index < -0.39 is 0 Å². The van der Waals surface area contributed by atoms with E-state index in [1.54, 1.807) is 12.1 Å². The first kappa shape index (κ1) is 14.8. The zero-order valence-corrected chi connectivity index (χ0v) is 11.6. The molecule has 18 heavy (non-hydrogen) atoms. The number of hydrogen-bond acceptors (Lipinski definition) is 2. The predicted octanol–water partition coefficient (Wildman–Crippen LogP) is 3.17. The molecular formula is C14H20ClNO2. The average molecular weight is 270 g/mol. The molecule has 0 bridgehead atoms. The van der Waals surface area contributed by atoms with Crippen molar-refractivity contribution < 1.29 is 9.90 Å². The summed E-state index contributed by atoms with van der Waals surface area (Å²) in [5.74, 6) is 0.444. The van der Waals surface area contributed by atoms with Crippen LogP contribution in [0.2, 0.25) is 0 Å². The molecule has 2 N–H and O–H groups in total. The molecule has 0 aliphatic rings. The van der Waals surface area contributed by atoms with Crippen molar-refractivity contribution in [3.05, 3.63) is 29.8 Å². The van der Waals surface area contributed by atoms with Gasteiger partial charge in [-0.1, -0.05) is 19.9 Å². The van der Waals surface area contributed by atoms with Crippen LogP contribution in [-0.4, -0.2) is 23.4 Å². The summed E-state index contributed by atoms with van der Waals surface area (Å²) >= 11 is 5.99. The molecule has 0 aliphatic carbocycles. The molecule has 0 aromatic heterocycles. The first-order chi connectivity index (χ1) is 8.56. The lowest BCUT2D eigenvalue weighted by Gasteiger charge is -2.29. The van der Waals surface area contributed by atoms with Gasteiger partial charge in [0.2, 0.25) is 0 Å². The summed E-state index contributed by atoms with van der Waals surface area (Å²) in [6.07, 6.45) is 1.85. The number of nitrogens with one attached hydrogen (secondary N) is 1. The first-order valence-corrected chi connectivity index (χ1v) is 6.73. The van der Waals surface area contributed by atoms with E-state index in [4.69, 9.17) is 11.6 Å². The van der Waals surface area contributed by atoms with Crippen molar-refractivity contribution in [1.82, 2.24) is 5.32 Å². The Morgan fingerprint density at radius 2 is 2.06 bits per heavy atom. The van der Waals surface area contributed by atoms with E-state index in [-0.39, 0.29) is 17.1 Å². The molecule has 4 heteroatoms. The van der Waals surface area contributed by atoms with E-state index in [1.807, 2.05) is 0 Å². The van der Waals surface area contributed by atoms with Crippen LogP contribution in [0, 0.1) is 5.41 Å². The molecule has 0 aliphatic heterocycles. The number of carbonyl (C=O) groups excluding carboxylic acids is 1. The standard InChI is InChI=1S/C14H20ClNO2/c1-3-14(4-2,9-15)10-16-13(18)11-6-5-7-12(17)8-11/h5-8,17H,3-4,9-10H2,1-2H3,(H,16,18). The van der Waals surface area contributed by atoms with E-state index in [0.717, 1.165) is 12.8 Å². The van der Waals surface area contributed by atoms with Gasteiger partial charge < -0.3 is 10.4 Å². The van der Waals surface area contributed by atoms with Crippen LogP contribution >= 0.6 is 11.6 Å². The van der Waals surface area contributed by atoms with Crippen molar-refractivity contribution in [3.63, 3.8) is 0 Å². The lowest BCUT2D eigenvalue weighted by atomic mass is 9.84. The Morgan fingerprint density at radius 1 is 1.39 bits per heavy atom. The normalized spacial score (nSPS) is 11.3. The molecule has 0 saturated heterocycles. The number of benzene rings is 1. The first-order valence-electron chi connectivity index (χ1n) is 6.20. The average Bonchev–Trinajstić information content (AvgIpc) is 2.40. The lowest BCUT2D eigenvalue weighted by Crippen LogP contribution is -2.38. The molecule has 100 valence electrons. The second-order valence-corrected chi connectivity index (χ2v) is 4.84. The summed E-state index contributed by atoms with van der Waals surface area (Å²) in [5.41, 5.74) is 0.416. The highest BCUT2D eigenvalue weighted by atomic mass is 35.5. The van der Waals surface area contributed by atoms with Gasteiger partial charge in [-0.15, -0.1) is 11.6 Å². The highest BCUT2D eigenvalue weighted by Gasteiger charge is 2.25. The topological polar surface area (TPSA) is 49.3 Å². The van der Waals surface area contributed by atoms with Gasteiger partial charge in [0, 0.05) is 23.4 Å². The minimum absolute atomic E-state index is 0.0476. The number of alkyl halides is 1. The fraction of sp³-hybridized carbons (Fsp3) is 0.500. The van der Waals surface area contributed by atoms with E-state index >= 15 is 0 Å². The maximum Gasteiger partial charge on any atom is 0.251 e. The predicted molar refractivity (Wildman–Crippen MR) is 74.2 cm³/mol. The fourth-order valence-corrected chi connectivity index (χ4v) is 2.23. The van der Waals surface area contributed by atoms with Gasteiger partial charge >= 0.3 is 0 Å². The second kappa shape index (κ2) is 6.64. The lowest BCUT2D eigenvalue weighted by molar-refractivity contribution is 0.0931. The SMILES string of the molecule is CCC(CC)(CCl)CNC(=O)c1cccc(O)c1. The third-order valence-electron chi connectivity index (χ3n) is 3.52. The number of carbonyl (C=O) groups is 1. The molecule has 0 saturated carbocycles. The molecule has 0 radical (unpaired) electrons. The fourth-order valence-electron chi connectivity index (χ4n) is 1.75. The Balaban J connectivity index is 2.66. The van der Waals surface area contributed by atoms with Crippen LogP contribution in [0.1, 0.15) is 37.0 Å². The number of aromatic hydroxyl groups is 1. The van der Waals surface area contributed by atoms with E-state index in [0.29, 0.717) is 18.0 Å². The third kappa shape index (κ3) is 3.64. The summed E-state index contributed by atoms with van der Waals surface area (Å²) in [7, 11) is 0. The molecule has 0 heterocycles. The zero-order valence-electron chi connectivity index (χ0n) is 10.9. The minimum Gasteiger partial charge on any atom is -0.508 e. The zero-order chi connectivity index (χ0) is 13.6. The molecule has 1 aromatic carbocycles. The van der Waals surface area contributed by atoms with E-state index in [9.17, 15) is 9.90 Å². The van der Waals surface area contributed by atoms with Crippen molar-refractivity contribution >= 4 is 17.5 Å². The molecule has 0 fully saturated rings. The van der Waals surface area contributed by atoms with Crippen LogP contribution in [-0.2, 0) is 0 Å². The van der Waals surface area contributed by atoms with Crippen molar-refractivity contribution in [2.45, 2.75) is 26.7 Å². The quantitative estimate of drug-likeness (QED) is 0.780. The van der Waals surface area contributed by atoms with Crippen LogP contribution in [0.4, 0.5) is 0 Å². The third-order valence-corrected chi connectivity index (χ3v) is 4.08. The van der Waals surface area contributed by atoms with Crippen LogP contribution in [0.3, 0.4) is 0 Å². The van der Waals surface area contributed by atoms with Gasteiger partial charge in [0.15, 0.2) is 0 Å². The van der Waals surface area contributed by atoms with Crippen LogP contribution in [0.15, 0.2) is 24.3 Å². The van der Waals surface area contributed by atoms with Gasteiger partial charge in [-0.2, -0.15) is 0 Å². The summed E-state index contributed by atoms with van der Waals surface area (Å²) < 4.78 is 0. The Labute approximate surface area is 113 Å². The number of amides is 1. The van der Waals surface area contributed by atoms with Crippen LogP contribution in [0.5, 0.6) is 5.75 Å². The van der Waals surface area contributed by atoms with Crippen LogP contribution < -0.4 is 5.32 Å². The van der Waals surface area contributed by atoms with Gasteiger partial charge in [-0.3, -0.25) is 4.79 Å². The number of halogens is 1. The molecule has 3 nitrogen and oxygen atoms in total. The smallest absolute Gasteiger partial charge is 0.251 e. The van der Waals surface area contributed by atoms with E-state index in [2.05, 4.69) is 19.2 Å². The van der Waals surface area contributed by atoms with Gasteiger partial charge in [-0.05, 0) is 31.0 Å². The molecule has 1 rings (SSSR count). The summed E-state index contributed by atoms with van der Waals surface area (Å²) in [5, 5.41) is 12.2. The molecule has 0 atom stereocenters. The minimum atomic E-state index is -0.178. The second-order valence-electron chi connectivity index (χ2n) is 4.57. The molecule has 0 unspecified atom stereocenters. The van der Waals surface area contributed by atoms with Crippen molar-refractivity contribution in [3.8, 4) is 5.75 Å². The molecule has 0 spiro atoms. The highest BCUT2D eigenvalue weighted by Crippen LogP contribution is 2.27. The number of hydrogen-bond donors (Lipinski definition) is 2. The van der Waals surface area contributed by atoms with Crippen molar-refractivity contribution in [1.29, 1.82) is 0 Å². The maximum absolute atomic E-state index is 11.9. The van der Waals surface area contributed by atoms with Crippen molar-refractivity contribution in [2.75, 3.05) is 12.4 Å².